The normalized spacial score (nSPS) is 12.1. The molecule has 2 rings (SSSR count). The van der Waals surface area contributed by atoms with E-state index in [2.05, 4.69) is 15.9 Å². The zero-order chi connectivity index (χ0) is 14.7. The zero-order valence-electron chi connectivity index (χ0n) is 11.2. The van der Waals surface area contributed by atoms with E-state index in [1.54, 1.807) is 44.6 Å². The lowest BCUT2D eigenvalue weighted by Gasteiger charge is -2.17. The molecular weight excluding hydrogens is 325 g/mol. The van der Waals surface area contributed by atoms with Gasteiger partial charge in [0.05, 0.1) is 20.3 Å². The van der Waals surface area contributed by atoms with Crippen molar-refractivity contribution in [2.75, 3.05) is 14.2 Å². The lowest BCUT2D eigenvalue weighted by Crippen LogP contribution is -2.14. The van der Waals surface area contributed by atoms with E-state index >= 15 is 0 Å². The van der Waals surface area contributed by atoms with Gasteiger partial charge in [0.2, 0.25) is 0 Å². The SMILES string of the molecule is COc1ccc(C(N)c2c(F)cccc2Br)cc1OC. The van der Waals surface area contributed by atoms with E-state index in [9.17, 15) is 4.39 Å². The smallest absolute Gasteiger partial charge is 0.161 e. The van der Waals surface area contributed by atoms with Gasteiger partial charge in [-0.25, -0.2) is 4.39 Å². The maximum atomic E-state index is 13.9. The third-order valence-electron chi connectivity index (χ3n) is 3.08. The first-order chi connectivity index (χ1) is 9.58. The van der Waals surface area contributed by atoms with Gasteiger partial charge in [0.15, 0.2) is 11.5 Å². The van der Waals surface area contributed by atoms with Crippen LogP contribution in [0.3, 0.4) is 0 Å². The van der Waals surface area contributed by atoms with E-state index in [0.717, 1.165) is 5.56 Å². The monoisotopic (exact) mass is 339 g/mol. The van der Waals surface area contributed by atoms with Crippen LogP contribution in [-0.4, -0.2) is 14.2 Å². The molecule has 2 aromatic carbocycles. The second-order valence-corrected chi connectivity index (χ2v) is 5.08. The molecular formula is C15H15BrFNO2. The van der Waals surface area contributed by atoms with E-state index < -0.39 is 6.04 Å². The molecule has 2 aromatic rings. The largest absolute Gasteiger partial charge is 0.493 e. The molecule has 0 saturated heterocycles. The Balaban J connectivity index is 2.46. The number of hydrogen-bond acceptors (Lipinski definition) is 3. The van der Waals surface area contributed by atoms with E-state index in [1.807, 2.05) is 0 Å². The Morgan fingerprint density at radius 3 is 2.40 bits per heavy atom. The molecule has 0 aliphatic heterocycles. The fraction of sp³-hybridized carbons (Fsp3) is 0.200. The zero-order valence-corrected chi connectivity index (χ0v) is 12.8. The van der Waals surface area contributed by atoms with Crippen molar-refractivity contribution < 1.29 is 13.9 Å². The number of benzene rings is 2. The van der Waals surface area contributed by atoms with Gasteiger partial charge < -0.3 is 15.2 Å². The van der Waals surface area contributed by atoms with Gasteiger partial charge in [-0.1, -0.05) is 28.1 Å². The van der Waals surface area contributed by atoms with E-state index in [1.165, 1.54) is 6.07 Å². The summed E-state index contributed by atoms with van der Waals surface area (Å²) < 4.78 is 25.0. The minimum absolute atomic E-state index is 0.346. The summed E-state index contributed by atoms with van der Waals surface area (Å²) in [5.74, 6) is 0.825. The summed E-state index contributed by atoms with van der Waals surface area (Å²) in [6.45, 7) is 0. The quantitative estimate of drug-likeness (QED) is 0.924. The molecule has 0 amide bonds. The summed E-state index contributed by atoms with van der Waals surface area (Å²) in [6.07, 6.45) is 0. The minimum atomic E-state index is -0.592. The van der Waals surface area contributed by atoms with Gasteiger partial charge in [0.25, 0.3) is 0 Å². The molecule has 0 aliphatic rings. The number of hydrogen-bond donors (Lipinski definition) is 1. The van der Waals surface area contributed by atoms with E-state index in [0.29, 0.717) is 21.5 Å². The van der Waals surface area contributed by atoms with Gasteiger partial charge in [-0.05, 0) is 29.8 Å². The number of rotatable bonds is 4. The summed E-state index contributed by atoms with van der Waals surface area (Å²) in [7, 11) is 3.11. The number of halogens is 2. The minimum Gasteiger partial charge on any atom is -0.493 e. The van der Waals surface area contributed by atoms with Crippen LogP contribution in [0, 0.1) is 5.82 Å². The van der Waals surface area contributed by atoms with Gasteiger partial charge in [-0.15, -0.1) is 0 Å². The van der Waals surface area contributed by atoms with Crippen molar-refractivity contribution in [3.63, 3.8) is 0 Å². The van der Waals surface area contributed by atoms with Crippen molar-refractivity contribution in [3.05, 3.63) is 57.8 Å². The van der Waals surface area contributed by atoms with Crippen LogP contribution in [0.2, 0.25) is 0 Å². The summed E-state index contributed by atoms with van der Waals surface area (Å²) in [4.78, 5) is 0. The van der Waals surface area contributed by atoms with Crippen LogP contribution in [0.25, 0.3) is 0 Å². The van der Waals surface area contributed by atoms with E-state index in [4.69, 9.17) is 15.2 Å². The van der Waals surface area contributed by atoms with Crippen molar-refractivity contribution in [1.82, 2.24) is 0 Å². The van der Waals surface area contributed by atoms with Crippen molar-refractivity contribution in [3.8, 4) is 11.5 Å². The van der Waals surface area contributed by atoms with Crippen LogP contribution >= 0.6 is 15.9 Å². The van der Waals surface area contributed by atoms with Crippen LogP contribution in [-0.2, 0) is 0 Å². The third kappa shape index (κ3) is 2.78. The predicted molar refractivity (Wildman–Crippen MR) is 79.7 cm³/mol. The number of ether oxygens (including phenoxy) is 2. The van der Waals surface area contributed by atoms with Gasteiger partial charge in [-0.2, -0.15) is 0 Å². The average Bonchev–Trinajstić information content (AvgIpc) is 2.46. The van der Waals surface area contributed by atoms with Gasteiger partial charge in [-0.3, -0.25) is 0 Å². The Bertz CT molecular complexity index is 599. The van der Waals surface area contributed by atoms with Gasteiger partial charge in [0.1, 0.15) is 5.82 Å². The molecule has 0 fully saturated rings. The third-order valence-corrected chi connectivity index (χ3v) is 3.77. The van der Waals surface area contributed by atoms with E-state index in [-0.39, 0.29) is 5.82 Å². The van der Waals surface area contributed by atoms with Crippen LogP contribution < -0.4 is 15.2 Å². The molecule has 106 valence electrons. The molecule has 2 N–H and O–H groups in total. The highest BCUT2D eigenvalue weighted by molar-refractivity contribution is 9.10. The highest BCUT2D eigenvalue weighted by atomic mass is 79.9. The maximum absolute atomic E-state index is 13.9. The average molecular weight is 340 g/mol. The van der Waals surface area contributed by atoms with Crippen LogP contribution in [0.15, 0.2) is 40.9 Å². The molecule has 0 saturated carbocycles. The summed E-state index contributed by atoms with van der Waals surface area (Å²) >= 11 is 3.33. The molecule has 0 radical (unpaired) electrons. The lowest BCUT2D eigenvalue weighted by atomic mass is 9.98. The number of nitrogens with two attached hydrogens (primary N) is 1. The molecule has 1 atom stereocenters. The highest BCUT2D eigenvalue weighted by Gasteiger charge is 2.18. The Kier molecular flexibility index (Phi) is 4.62. The molecule has 0 heterocycles. The molecule has 5 heteroatoms. The van der Waals surface area contributed by atoms with Crippen molar-refractivity contribution in [1.29, 1.82) is 0 Å². The first-order valence-corrected chi connectivity index (χ1v) is 6.79. The van der Waals surface area contributed by atoms with Crippen LogP contribution in [0.1, 0.15) is 17.2 Å². The van der Waals surface area contributed by atoms with Gasteiger partial charge >= 0.3 is 0 Å². The topological polar surface area (TPSA) is 44.5 Å². The Hall–Kier alpha value is -1.59. The van der Waals surface area contributed by atoms with Crippen LogP contribution in [0.5, 0.6) is 11.5 Å². The molecule has 0 spiro atoms. The standard InChI is InChI=1S/C15H15BrFNO2/c1-19-12-7-6-9(8-13(12)20-2)15(18)14-10(16)4-3-5-11(14)17/h3-8,15H,18H2,1-2H3. The van der Waals surface area contributed by atoms with Gasteiger partial charge in [0, 0.05) is 10.0 Å². The molecule has 20 heavy (non-hydrogen) atoms. The Morgan fingerprint density at radius 2 is 1.80 bits per heavy atom. The fourth-order valence-corrected chi connectivity index (χ4v) is 2.61. The molecule has 1 unspecified atom stereocenters. The first-order valence-electron chi connectivity index (χ1n) is 6.00. The predicted octanol–water partition coefficient (Wildman–Crippen LogP) is 3.65. The first kappa shape index (κ1) is 14.8. The Morgan fingerprint density at radius 1 is 1.10 bits per heavy atom. The Labute approximate surface area is 125 Å². The number of methoxy groups -OCH3 is 2. The summed E-state index contributed by atoms with van der Waals surface area (Å²) in [5.41, 5.74) is 7.33. The summed E-state index contributed by atoms with van der Waals surface area (Å²) in [5, 5.41) is 0. The van der Waals surface area contributed by atoms with Crippen molar-refractivity contribution >= 4 is 15.9 Å². The molecule has 3 nitrogen and oxygen atoms in total. The van der Waals surface area contributed by atoms with Crippen molar-refractivity contribution in [2.24, 2.45) is 5.73 Å². The highest BCUT2D eigenvalue weighted by Crippen LogP contribution is 2.34. The second-order valence-electron chi connectivity index (χ2n) is 4.23. The van der Waals surface area contributed by atoms with Crippen LogP contribution in [0.4, 0.5) is 4.39 Å². The fourth-order valence-electron chi connectivity index (χ4n) is 2.02. The second kappa shape index (κ2) is 6.24. The lowest BCUT2D eigenvalue weighted by molar-refractivity contribution is 0.354. The molecule has 0 bridgehead atoms. The molecule has 0 aromatic heterocycles. The van der Waals surface area contributed by atoms with Crippen molar-refractivity contribution in [2.45, 2.75) is 6.04 Å². The summed E-state index contributed by atoms with van der Waals surface area (Å²) in [6, 6.07) is 9.49. The molecule has 0 aliphatic carbocycles. The maximum Gasteiger partial charge on any atom is 0.161 e.